The van der Waals surface area contributed by atoms with Gasteiger partial charge >= 0.3 is 0 Å². The number of benzene rings is 1. The highest BCUT2D eigenvalue weighted by molar-refractivity contribution is 7.98. The van der Waals surface area contributed by atoms with Crippen molar-refractivity contribution in [2.45, 2.75) is 17.3 Å². The van der Waals surface area contributed by atoms with Gasteiger partial charge in [0.1, 0.15) is 5.82 Å². The molecule has 0 aliphatic rings. The van der Waals surface area contributed by atoms with Gasteiger partial charge in [0.25, 0.3) is 0 Å². The minimum absolute atomic E-state index is 0.264. The van der Waals surface area contributed by atoms with E-state index in [2.05, 4.69) is 20.3 Å². The van der Waals surface area contributed by atoms with Crippen LogP contribution < -0.4 is 5.84 Å². The molecule has 0 saturated heterocycles. The molecule has 10 heteroatoms. The van der Waals surface area contributed by atoms with E-state index in [9.17, 15) is 4.39 Å². The fourth-order valence-electron chi connectivity index (χ4n) is 2.28. The lowest BCUT2D eigenvalue weighted by Crippen LogP contribution is -2.14. The zero-order valence-electron chi connectivity index (χ0n) is 13.4. The van der Waals surface area contributed by atoms with Gasteiger partial charge in [0.15, 0.2) is 5.82 Å². The molecule has 4 aromatic rings. The standard InChI is InChI=1S/C16H13FN6OS2/c17-11-5-2-1-4-10(11)8-13-20-21-16(23(13)18)26-9-14-19-15(22-24-14)12-6-3-7-25-12/h1-7H,8-9,18H2. The summed E-state index contributed by atoms with van der Waals surface area (Å²) in [7, 11) is 0. The van der Waals surface area contributed by atoms with E-state index in [-0.39, 0.29) is 12.2 Å². The van der Waals surface area contributed by atoms with Crippen LogP contribution in [0, 0.1) is 5.82 Å². The molecule has 0 unspecified atom stereocenters. The average Bonchev–Trinajstić information content (AvgIpc) is 3.38. The van der Waals surface area contributed by atoms with Crippen molar-refractivity contribution in [1.29, 1.82) is 0 Å². The van der Waals surface area contributed by atoms with Gasteiger partial charge in [0, 0.05) is 6.42 Å². The molecule has 2 N–H and O–H groups in total. The lowest BCUT2D eigenvalue weighted by Gasteiger charge is -2.04. The van der Waals surface area contributed by atoms with Gasteiger partial charge in [-0.3, -0.25) is 0 Å². The van der Waals surface area contributed by atoms with Gasteiger partial charge in [-0.1, -0.05) is 41.2 Å². The van der Waals surface area contributed by atoms with Crippen LogP contribution in [-0.4, -0.2) is 25.0 Å². The van der Waals surface area contributed by atoms with E-state index in [1.165, 1.54) is 22.5 Å². The quantitative estimate of drug-likeness (QED) is 0.400. The summed E-state index contributed by atoms with van der Waals surface area (Å²) in [6.07, 6.45) is 0.264. The molecule has 0 aliphatic heterocycles. The fourth-order valence-corrected chi connectivity index (χ4v) is 3.65. The first kappa shape index (κ1) is 16.7. The van der Waals surface area contributed by atoms with Crippen LogP contribution in [0.4, 0.5) is 4.39 Å². The second kappa shape index (κ2) is 7.26. The molecule has 0 amide bonds. The Morgan fingerprint density at radius 3 is 2.88 bits per heavy atom. The van der Waals surface area contributed by atoms with E-state index in [4.69, 9.17) is 10.4 Å². The third kappa shape index (κ3) is 3.46. The molecule has 3 aromatic heterocycles. The number of hydrogen-bond donors (Lipinski definition) is 1. The summed E-state index contributed by atoms with van der Waals surface area (Å²) >= 11 is 2.87. The van der Waals surface area contributed by atoms with Crippen LogP contribution in [0.5, 0.6) is 0 Å². The number of halogens is 1. The fraction of sp³-hybridized carbons (Fsp3) is 0.125. The Labute approximate surface area is 156 Å². The van der Waals surface area contributed by atoms with Crippen LogP contribution in [0.3, 0.4) is 0 Å². The van der Waals surface area contributed by atoms with E-state index in [0.717, 1.165) is 4.88 Å². The molecular weight excluding hydrogens is 375 g/mol. The molecular formula is C16H13FN6OS2. The summed E-state index contributed by atoms with van der Waals surface area (Å²) in [4.78, 5) is 5.29. The number of nitrogen functional groups attached to an aromatic ring is 1. The zero-order valence-corrected chi connectivity index (χ0v) is 15.0. The van der Waals surface area contributed by atoms with Crippen molar-refractivity contribution < 1.29 is 8.91 Å². The first-order valence-corrected chi connectivity index (χ1v) is 9.49. The van der Waals surface area contributed by atoms with Crippen LogP contribution in [0.1, 0.15) is 17.3 Å². The molecule has 0 fully saturated rings. The van der Waals surface area contributed by atoms with E-state index < -0.39 is 0 Å². The number of rotatable bonds is 6. The molecule has 0 atom stereocenters. The van der Waals surface area contributed by atoms with Gasteiger partial charge in [0.05, 0.1) is 10.6 Å². The normalized spacial score (nSPS) is 11.1. The highest BCUT2D eigenvalue weighted by atomic mass is 32.2. The van der Waals surface area contributed by atoms with E-state index in [0.29, 0.717) is 34.0 Å². The number of thiophene rings is 1. The third-order valence-corrected chi connectivity index (χ3v) is 5.37. The smallest absolute Gasteiger partial charge is 0.237 e. The van der Waals surface area contributed by atoms with Crippen LogP contribution in [0.15, 0.2) is 51.5 Å². The molecule has 0 spiro atoms. The van der Waals surface area contributed by atoms with Crippen molar-refractivity contribution >= 4 is 23.1 Å². The predicted molar refractivity (Wildman–Crippen MR) is 96.6 cm³/mol. The number of hydrogen-bond acceptors (Lipinski definition) is 8. The van der Waals surface area contributed by atoms with Gasteiger partial charge < -0.3 is 10.4 Å². The molecule has 0 aliphatic carbocycles. The number of thioether (sulfide) groups is 1. The monoisotopic (exact) mass is 388 g/mol. The van der Waals surface area contributed by atoms with Crippen molar-refractivity contribution in [3.8, 4) is 10.7 Å². The molecule has 0 bridgehead atoms. The first-order chi connectivity index (χ1) is 12.7. The summed E-state index contributed by atoms with van der Waals surface area (Å²) in [6.45, 7) is 0. The van der Waals surface area contributed by atoms with Gasteiger partial charge in [0.2, 0.25) is 16.9 Å². The second-order valence-electron chi connectivity index (χ2n) is 5.31. The summed E-state index contributed by atoms with van der Waals surface area (Å²) < 4.78 is 20.4. The van der Waals surface area contributed by atoms with Crippen LogP contribution in [0.2, 0.25) is 0 Å². The average molecular weight is 388 g/mol. The van der Waals surface area contributed by atoms with Gasteiger partial charge in [-0.15, -0.1) is 21.5 Å². The van der Waals surface area contributed by atoms with E-state index in [1.54, 1.807) is 29.5 Å². The topological polar surface area (TPSA) is 95.7 Å². The minimum Gasteiger partial charge on any atom is -0.338 e. The maximum atomic E-state index is 13.8. The van der Waals surface area contributed by atoms with E-state index in [1.807, 2.05) is 17.5 Å². The Balaban J connectivity index is 1.43. The highest BCUT2D eigenvalue weighted by Gasteiger charge is 2.15. The molecule has 7 nitrogen and oxygen atoms in total. The zero-order chi connectivity index (χ0) is 17.9. The lowest BCUT2D eigenvalue weighted by atomic mass is 10.1. The molecule has 0 saturated carbocycles. The second-order valence-corrected chi connectivity index (χ2v) is 7.20. The summed E-state index contributed by atoms with van der Waals surface area (Å²) in [5.41, 5.74) is 0.514. The Morgan fingerprint density at radius 2 is 2.08 bits per heavy atom. The largest absolute Gasteiger partial charge is 0.338 e. The van der Waals surface area contributed by atoms with Gasteiger partial charge in [-0.05, 0) is 23.1 Å². The van der Waals surface area contributed by atoms with Gasteiger partial charge in [-0.25, -0.2) is 9.07 Å². The van der Waals surface area contributed by atoms with Crippen LogP contribution in [0.25, 0.3) is 10.7 Å². The van der Waals surface area contributed by atoms with Crippen molar-refractivity contribution in [3.63, 3.8) is 0 Å². The molecule has 1 aromatic carbocycles. The highest BCUT2D eigenvalue weighted by Crippen LogP contribution is 2.24. The van der Waals surface area contributed by atoms with Crippen LogP contribution >= 0.6 is 23.1 Å². The Hall–Kier alpha value is -2.72. The molecule has 4 rings (SSSR count). The third-order valence-electron chi connectivity index (χ3n) is 3.58. The van der Waals surface area contributed by atoms with Crippen molar-refractivity contribution in [1.82, 2.24) is 25.0 Å². The predicted octanol–water partition coefficient (Wildman–Crippen LogP) is 3.13. The van der Waals surface area contributed by atoms with Gasteiger partial charge in [-0.2, -0.15) is 4.98 Å². The van der Waals surface area contributed by atoms with Crippen molar-refractivity contribution in [3.05, 3.63) is 64.9 Å². The molecule has 3 heterocycles. The summed E-state index contributed by atoms with van der Waals surface area (Å²) in [6, 6.07) is 10.4. The Morgan fingerprint density at radius 1 is 1.19 bits per heavy atom. The molecule has 132 valence electrons. The van der Waals surface area contributed by atoms with Crippen LogP contribution in [-0.2, 0) is 12.2 Å². The lowest BCUT2D eigenvalue weighted by molar-refractivity contribution is 0.391. The Kier molecular flexibility index (Phi) is 4.67. The number of nitrogens with two attached hydrogens (primary N) is 1. The summed E-state index contributed by atoms with van der Waals surface area (Å²) in [5.74, 6) is 7.65. The number of nitrogens with zero attached hydrogens (tertiary/aromatic N) is 5. The first-order valence-electron chi connectivity index (χ1n) is 7.63. The minimum atomic E-state index is -0.295. The molecule has 26 heavy (non-hydrogen) atoms. The number of aromatic nitrogens is 5. The summed E-state index contributed by atoms with van der Waals surface area (Å²) in [5, 5.41) is 14.5. The maximum absolute atomic E-state index is 13.8. The molecule has 0 radical (unpaired) electrons. The van der Waals surface area contributed by atoms with Crippen molar-refractivity contribution in [2.75, 3.05) is 5.84 Å². The Bertz CT molecular complexity index is 1010. The van der Waals surface area contributed by atoms with E-state index >= 15 is 0 Å². The SMILES string of the molecule is Nn1c(Cc2ccccc2F)nnc1SCc1nc(-c2cccs2)no1. The maximum Gasteiger partial charge on any atom is 0.237 e. The van der Waals surface area contributed by atoms with Crippen molar-refractivity contribution in [2.24, 2.45) is 0 Å².